The lowest BCUT2D eigenvalue weighted by atomic mass is 9.81. The van der Waals surface area contributed by atoms with E-state index in [0.717, 1.165) is 6.54 Å². The molecule has 0 unspecified atom stereocenters. The van der Waals surface area contributed by atoms with Crippen LogP contribution in [0.2, 0.25) is 0 Å². The van der Waals surface area contributed by atoms with Crippen LogP contribution in [0.3, 0.4) is 0 Å². The molecular formula is C19H20N2O. The highest BCUT2D eigenvalue weighted by molar-refractivity contribution is 5.92. The molecule has 0 bridgehead atoms. The lowest BCUT2D eigenvalue weighted by molar-refractivity contribution is 0.100. The molecule has 0 aliphatic carbocycles. The van der Waals surface area contributed by atoms with E-state index in [2.05, 4.69) is 41.3 Å². The molecule has 1 saturated heterocycles. The molecule has 4 rings (SSSR count). The van der Waals surface area contributed by atoms with Gasteiger partial charge in [0.15, 0.2) is 0 Å². The molecule has 1 fully saturated rings. The van der Waals surface area contributed by atoms with Gasteiger partial charge in [-0.25, -0.2) is 0 Å². The largest absolute Gasteiger partial charge is 0.366 e. The first-order valence-electron chi connectivity index (χ1n) is 7.96. The highest BCUT2D eigenvalue weighted by Crippen LogP contribution is 2.43. The van der Waals surface area contributed by atoms with Gasteiger partial charge in [-0.05, 0) is 48.2 Å². The number of fused-ring (bicyclic) bond motifs is 3. The molecule has 3 nitrogen and oxygen atoms in total. The third-order valence-electron chi connectivity index (χ3n) is 5.11. The Morgan fingerprint density at radius 1 is 1.05 bits per heavy atom. The Bertz CT molecular complexity index is 708. The maximum absolute atomic E-state index is 11.3. The van der Waals surface area contributed by atoms with Crippen molar-refractivity contribution in [2.75, 3.05) is 13.1 Å². The van der Waals surface area contributed by atoms with Crippen LogP contribution in [0.15, 0.2) is 48.5 Å². The van der Waals surface area contributed by atoms with E-state index < -0.39 is 0 Å². The summed E-state index contributed by atoms with van der Waals surface area (Å²) in [7, 11) is 0. The smallest absolute Gasteiger partial charge is 0.248 e. The summed E-state index contributed by atoms with van der Waals surface area (Å²) < 4.78 is 0. The van der Waals surface area contributed by atoms with E-state index >= 15 is 0 Å². The first-order chi connectivity index (χ1) is 10.7. The Morgan fingerprint density at radius 3 is 2.50 bits per heavy atom. The molecular weight excluding hydrogens is 272 g/mol. The Labute approximate surface area is 130 Å². The van der Waals surface area contributed by atoms with Crippen molar-refractivity contribution in [3.63, 3.8) is 0 Å². The summed E-state index contributed by atoms with van der Waals surface area (Å²) in [6.07, 6.45) is 2.55. The highest BCUT2D eigenvalue weighted by Gasteiger charge is 2.36. The zero-order valence-electron chi connectivity index (χ0n) is 12.5. The molecule has 1 amide bonds. The SMILES string of the molecule is NC(=O)c1ccc([C@@H]2CN3CCC[C@@H]3c3ccccc32)cc1. The molecule has 2 N–H and O–H groups in total. The fourth-order valence-corrected chi connectivity index (χ4v) is 4.03. The Morgan fingerprint density at radius 2 is 1.77 bits per heavy atom. The monoisotopic (exact) mass is 292 g/mol. The van der Waals surface area contributed by atoms with E-state index in [1.807, 2.05) is 12.1 Å². The quantitative estimate of drug-likeness (QED) is 0.924. The molecule has 0 spiro atoms. The van der Waals surface area contributed by atoms with Crippen molar-refractivity contribution in [3.05, 3.63) is 70.8 Å². The van der Waals surface area contributed by atoms with Gasteiger partial charge in [0.05, 0.1) is 0 Å². The van der Waals surface area contributed by atoms with Crippen LogP contribution >= 0.6 is 0 Å². The first-order valence-corrected chi connectivity index (χ1v) is 7.96. The Kier molecular flexibility index (Phi) is 3.23. The third-order valence-corrected chi connectivity index (χ3v) is 5.11. The highest BCUT2D eigenvalue weighted by atomic mass is 16.1. The summed E-state index contributed by atoms with van der Waals surface area (Å²) in [6.45, 7) is 2.26. The van der Waals surface area contributed by atoms with Gasteiger partial charge in [-0.1, -0.05) is 36.4 Å². The van der Waals surface area contributed by atoms with Gasteiger partial charge in [0.1, 0.15) is 0 Å². The van der Waals surface area contributed by atoms with Gasteiger partial charge < -0.3 is 5.73 Å². The second-order valence-corrected chi connectivity index (χ2v) is 6.32. The maximum atomic E-state index is 11.3. The van der Waals surface area contributed by atoms with Gasteiger partial charge in [0, 0.05) is 24.1 Å². The van der Waals surface area contributed by atoms with Crippen LogP contribution in [0.4, 0.5) is 0 Å². The Hall–Kier alpha value is -2.13. The van der Waals surface area contributed by atoms with E-state index in [4.69, 9.17) is 5.73 Å². The van der Waals surface area contributed by atoms with Crippen molar-refractivity contribution in [2.45, 2.75) is 24.8 Å². The van der Waals surface area contributed by atoms with Crippen molar-refractivity contribution in [1.82, 2.24) is 4.90 Å². The Balaban J connectivity index is 1.75. The molecule has 2 aliphatic rings. The van der Waals surface area contributed by atoms with Gasteiger partial charge in [-0.2, -0.15) is 0 Å². The van der Waals surface area contributed by atoms with Gasteiger partial charge >= 0.3 is 0 Å². The number of amides is 1. The van der Waals surface area contributed by atoms with Crippen LogP contribution in [0, 0.1) is 0 Å². The minimum absolute atomic E-state index is 0.366. The molecule has 2 aromatic carbocycles. The summed E-state index contributed by atoms with van der Waals surface area (Å²) in [6, 6.07) is 17.2. The van der Waals surface area contributed by atoms with Crippen LogP contribution in [-0.2, 0) is 0 Å². The van der Waals surface area contributed by atoms with E-state index in [1.54, 1.807) is 0 Å². The molecule has 3 heteroatoms. The number of carbonyl (C=O) groups is 1. The van der Waals surface area contributed by atoms with Crippen molar-refractivity contribution in [1.29, 1.82) is 0 Å². The zero-order valence-corrected chi connectivity index (χ0v) is 12.5. The average Bonchev–Trinajstić information content (AvgIpc) is 3.03. The number of rotatable bonds is 2. The normalized spacial score (nSPS) is 23.8. The standard InChI is InChI=1S/C19H20N2O/c20-19(22)14-9-7-13(8-10-14)17-12-21-11-3-6-18(21)16-5-2-1-4-15(16)17/h1-2,4-5,7-10,17-18H,3,6,11-12H2,(H2,20,22)/t17-,18+/m0/s1. The summed E-state index contributed by atoms with van der Waals surface area (Å²) in [5.41, 5.74) is 10.1. The fraction of sp³-hybridized carbons (Fsp3) is 0.316. The van der Waals surface area contributed by atoms with Gasteiger partial charge in [-0.3, -0.25) is 9.69 Å². The molecule has 0 saturated carbocycles. The molecule has 0 radical (unpaired) electrons. The third kappa shape index (κ3) is 2.13. The van der Waals surface area contributed by atoms with Crippen molar-refractivity contribution in [3.8, 4) is 0 Å². The predicted molar refractivity (Wildman–Crippen MR) is 86.8 cm³/mol. The molecule has 2 heterocycles. The van der Waals surface area contributed by atoms with Crippen LogP contribution in [0.5, 0.6) is 0 Å². The fourth-order valence-electron chi connectivity index (χ4n) is 4.03. The second kappa shape index (κ2) is 5.25. The predicted octanol–water partition coefficient (Wildman–Crippen LogP) is 3.07. The van der Waals surface area contributed by atoms with Crippen molar-refractivity contribution >= 4 is 5.91 Å². The zero-order chi connectivity index (χ0) is 15.1. The minimum Gasteiger partial charge on any atom is -0.366 e. The number of carbonyl (C=O) groups excluding carboxylic acids is 1. The van der Waals surface area contributed by atoms with Crippen molar-refractivity contribution in [2.24, 2.45) is 5.73 Å². The molecule has 0 aromatic heterocycles. The number of primary amides is 1. The van der Waals surface area contributed by atoms with Crippen molar-refractivity contribution < 1.29 is 4.79 Å². The summed E-state index contributed by atoms with van der Waals surface area (Å²) >= 11 is 0. The molecule has 2 aromatic rings. The molecule has 22 heavy (non-hydrogen) atoms. The molecule has 2 atom stereocenters. The summed E-state index contributed by atoms with van der Waals surface area (Å²) in [5, 5.41) is 0. The topological polar surface area (TPSA) is 46.3 Å². The van der Waals surface area contributed by atoms with E-state index in [-0.39, 0.29) is 5.91 Å². The van der Waals surface area contributed by atoms with Crippen LogP contribution in [0.25, 0.3) is 0 Å². The van der Waals surface area contributed by atoms with E-state index in [1.165, 1.54) is 36.1 Å². The van der Waals surface area contributed by atoms with Gasteiger partial charge in [-0.15, -0.1) is 0 Å². The molecule has 112 valence electrons. The minimum atomic E-state index is -0.366. The number of hydrogen-bond acceptors (Lipinski definition) is 2. The lowest BCUT2D eigenvalue weighted by Crippen LogP contribution is -2.34. The van der Waals surface area contributed by atoms with E-state index in [0.29, 0.717) is 17.5 Å². The molecule has 2 aliphatic heterocycles. The number of benzene rings is 2. The van der Waals surface area contributed by atoms with Gasteiger partial charge in [0.25, 0.3) is 0 Å². The second-order valence-electron chi connectivity index (χ2n) is 6.32. The van der Waals surface area contributed by atoms with Crippen LogP contribution < -0.4 is 5.73 Å². The maximum Gasteiger partial charge on any atom is 0.248 e. The average molecular weight is 292 g/mol. The van der Waals surface area contributed by atoms with Gasteiger partial charge in [0.2, 0.25) is 5.91 Å². The number of nitrogens with zero attached hydrogens (tertiary/aromatic N) is 1. The number of hydrogen-bond donors (Lipinski definition) is 1. The van der Waals surface area contributed by atoms with E-state index in [9.17, 15) is 4.79 Å². The van der Waals surface area contributed by atoms with Crippen LogP contribution in [0.1, 0.15) is 51.8 Å². The lowest BCUT2D eigenvalue weighted by Gasteiger charge is -2.37. The number of nitrogens with two attached hydrogens (primary N) is 1. The summed E-state index contributed by atoms with van der Waals surface area (Å²) in [5.74, 6) is 0.0164. The first kappa shape index (κ1) is 13.5. The van der Waals surface area contributed by atoms with Crippen LogP contribution in [-0.4, -0.2) is 23.9 Å². The summed E-state index contributed by atoms with van der Waals surface area (Å²) in [4.78, 5) is 13.9.